The van der Waals surface area contributed by atoms with Gasteiger partial charge < -0.3 is 18.9 Å². The molecule has 0 saturated heterocycles. The Balaban J connectivity index is 3.63. The maximum atomic E-state index is 11.1. The average molecular weight is 206 g/mol. The van der Waals surface area contributed by atoms with E-state index in [1.807, 2.05) is 0 Å². The van der Waals surface area contributed by atoms with Gasteiger partial charge in [-0.25, -0.2) is 4.79 Å². The summed E-state index contributed by atoms with van der Waals surface area (Å²) in [6.45, 7) is 4.17. The summed E-state index contributed by atoms with van der Waals surface area (Å²) in [4.78, 5) is 11.1. The van der Waals surface area contributed by atoms with Gasteiger partial charge in [0.05, 0.1) is 13.2 Å². The number of rotatable bonds is 6. The van der Waals surface area contributed by atoms with Crippen molar-refractivity contribution < 1.29 is 23.7 Å². The molecule has 0 aromatic carbocycles. The van der Waals surface area contributed by atoms with Crippen LogP contribution in [0.5, 0.6) is 0 Å². The van der Waals surface area contributed by atoms with Gasteiger partial charge in [-0.05, 0) is 13.8 Å². The number of ether oxygens (including phenoxy) is 4. The van der Waals surface area contributed by atoms with Gasteiger partial charge in [0.2, 0.25) is 0 Å². The zero-order valence-corrected chi connectivity index (χ0v) is 9.11. The first-order chi connectivity index (χ1) is 6.60. The lowest BCUT2D eigenvalue weighted by Gasteiger charge is -2.15. The van der Waals surface area contributed by atoms with Gasteiger partial charge in [-0.1, -0.05) is 0 Å². The molecule has 5 nitrogen and oxygen atoms in total. The summed E-state index contributed by atoms with van der Waals surface area (Å²) in [6.07, 6.45) is -1.30. The molecule has 2 unspecified atom stereocenters. The maximum Gasteiger partial charge on any atom is 0.508 e. The molecule has 0 N–H and O–H groups in total. The molecule has 0 spiro atoms. The molecule has 0 heterocycles. The van der Waals surface area contributed by atoms with Gasteiger partial charge in [-0.15, -0.1) is 0 Å². The molecule has 0 amide bonds. The molecule has 14 heavy (non-hydrogen) atoms. The van der Waals surface area contributed by atoms with E-state index >= 15 is 0 Å². The molecule has 0 saturated carbocycles. The van der Waals surface area contributed by atoms with Crippen molar-refractivity contribution in [2.24, 2.45) is 0 Å². The molecule has 5 heteroatoms. The minimum atomic E-state index is -0.695. The topological polar surface area (TPSA) is 54.0 Å². The number of carbonyl (C=O) groups is 1. The van der Waals surface area contributed by atoms with Crippen LogP contribution in [-0.4, -0.2) is 45.8 Å². The Morgan fingerprint density at radius 2 is 1.36 bits per heavy atom. The van der Waals surface area contributed by atoms with E-state index in [1.54, 1.807) is 28.1 Å². The Bertz CT molecular complexity index is 143. The van der Waals surface area contributed by atoms with Crippen LogP contribution in [0, 0.1) is 0 Å². The zero-order chi connectivity index (χ0) is 11.0. The van der Waals surface area contributed by atoms with E-state index in [0.29, 0.717) is 13.2 Å². The van der Waals surface area contributed by atoms with Crippen molar-refractivity contribution in [1.82, 2.24) is 0 Å². The van der Waals surface area contributed by atoms with Crippen LogP contribution in [0.1, 0.15) is 13.8 Å². The van der Waals surface area contributed by atoms with E-state index in [-0.39, 0.29) is 12.2 Å². The Morgan fingerprint density at radius 1 is 1.00 bits per heavy atom. The van der Waals surface area contributed by atoms with E-state index in [1.165, 1.54) is 0 Å². The van der Waals surface area contributed by atoms with Crippen molar-refractivity contribution >= 4 is 6.16 Å². The lowest BCUT2D eigenvalue weighted by Crippen LogP contribution is -2.25. The minimum absolute atomic E-state index is 0.303. The fourth-order valence-corrected chi connectivity index (χ4v) is 0.894. The van der Waals surface area contributed by atoms with Crippen molar-refractivity contribution in [1.29, 1.82) is 0 Å². The van der Waals surface area contributed by atoms with Crippen LogP contribution in [0.3, 0.4) is 0 Å². The fourth-order valence-electron chi connectivity index (χ4n) is 0.894. The second kappa shape index (κ2) is 7.58. The molecular weight excluding hydrogens is 188 g/mol. The van der Waals surface area contributed by atoms with Crippen molar-refractivity contribution in [2.45, 2.75) is 26.1 Å². The SMILES string of the molecule is COCC(C)OC(=O)OC(C)COC. The summed E-state index contributed by atoms with van der Waals surface area (Å²) in [5.74, 6) is 0. The largest absolute Gasteiger partial charge is 0.508 e. The molecule has 0 rings (SSSR count). The molecule has 2 atom stereocenters. The summed E-state index contributed by atoms with van der Waals surface area (Å²) in [6, 6.07) is 0. The quantitative estimate of drug-likeness (QED) is 0.611. The number of carbonyl (C=O) groups excluding carboxylic acids is 1. The molecule has 0 aliphatic carbocycles. The van der Waals surface area contributed by atoms with Crippen LogP contribution < -0.4 is 0 Å². The van der Waals surface area contributed by atoms with Gasteiger partial charge in [0.1, 0.15) is 12.2 Å². The van der Waals surface area contributed by atoms with Gasteiger partial charge in [0.15, 0.2) is 0 Å². The van der Waals surface area contributed by atoms with Crippen LogP contribution in [-0.2, 0) is 18.9 Å². The molecule has 0 bridgehead atoms. The lowest BCUT2D eigenvalue weighted by molar-refractivity contribution is -0.0287. The van der Waals surface area contributed by atoms with Crippen LogP contribution in [0.15, 0.2) is 0 Å². The van der Waals surface area contributed by atoms with Crippen LogP contribution >= 0.6 is 0 Å². The average Bonchev–Trinajstić information content (AvgIpc) is 2.03. The third kappa shape index (κ3) is 6.68. The summed E-state index contributed by atoms with van der Waals surface area (Å²) < 4.78 is 19.3. The first-order valence-corrected chi connectivity index (χ1v) is 4.45. The standard InChI is InChI=1S/C9H18O5/c1-7(5-11-3)13-9(10)14-8(2)6-12-4/h7-8H,5-6H2,1-4H3. The molecule has 0 radical (unpaired) electrons. The molecule has 0 aliphatic rings. The predicted molar refractivity (Wildman–Crippen MR) is 50.2 cm³/mol. The van der Waals surface area contributed by atoms with E-state index < -0.39 is 6.16 Å². The summed E-state index contributed by atoms with van der Waals surface area (Å²) in [5.41, 5.74) is 0. The molecule has 0 aromatic rings. The smallest absolute Gasteiger partial charge is 0.429 e. The van der Waals surface area contributed by atoms with Crippen molar-refractivity contribution in [2.75, 3.05) is 27.4 Å². The Labute approximate surface area is 84.3 Å². The number of methoxy groups -OCH3 is 2. The van der Waals surface area contributed by atoms with Gasteiger partial charge in [0, 0.05) is 14.2 Å². The van der Waals surface area contributed by atoms with Gasteiger partial charge in [-0.2, -0.15) is 0 Å². The normalized spacial score (nSPS) is 14.6. The van der Waals surface area contributed by atoms with E-state index in [4.69, 9.17) is 18.9 Å². The molecule has 0 aromatic heterocycles. The third-order valence-corrected chi connectivity index (χ3v) is 1.40. The molecule has 84 valence electrons. The monoisotopic (exact) mass is 206 g/mol. The summed E-state index contributed by atoms with van der Waals surface area (Å²) in [5, 5.41) is 0. The highest BCUT2D eigenvalue weighted by Gasteiger charge is 2.13. The molecule has 0 fully saturated rings. The first-order valence-electron chi connectivity index (χ1n) is 4.45. The van der Waals surface area contributed by atoms with Gasteiger partial charge in [-0.3, -0.25) is 0 Å². The highest BCUT2D eigenvalue weighted by molar-refractivity contribution is 5.60. The van der Waals surface area contributed by atoms with Crippen LogP contribution in [0.4, 0.5) is 4.79 Å². The Hall–Kier alpha value is -0.810. The molecular formula is C9H18O5. The highest BCUT2D eigenvalue weighted by atomic mass is 16.7. The van der Waals surface area contributed by atoms with Crippen LogP contribution in [0.2, 0.25) is 0 Å². The van der Waals surface area contributed by atoms with Crippen molar-refractivity contribution in [3.63, 3.8) is 0 Å². The maximum absolute atomic E-state index is 11.1. The third-order valence-electron chi connectivity index (χ3n) is 1.40. The minimum Gasteiger partial charge on any atom is -0.429 e. The zero-order valence-electron chi connectivity index (χ0n) is 9.11. The lowest BCUT2D eigenvalue weighted by atomic mass is 10.4. The van der Waals surface area contributed by atoms with E-state index in [2.05, 4.69) is 0 Å². The first kappa shape index (κ1) is 13.2. The van der Waals surface area contributed by atoms with E-state index in [9.17, 15) is 4.79 Å². The summed E-state index contributed by atoms with van der Waals surface area (Å²) in [7, 11) is 3.08. The van der Waals surface area contributed by atoms with E-state index in [0.717, 1.165) is 0 Å². The van der Waals surface area contributed by atoms with Gasteiger partial charge in [0.25, 0.3) is 0 Å². The number of hydrogen-bond donors (Lipinski definition) is 0. The highest BCUT2D eigenvalue weighted by Crippen LogP contribution is 1.99. The predicted octanol–water partition coefficient (Wildman–Crippen LogP) is 1.21. The van der Waals surface area contributed by atoms with Gasteiger partial charge >= 0.3 is 6.16 Å². The van der Waals surface area contributed by atoms with Crippen LogP contribution in [0.25, 0.3) is 0 Å². The Kier molecular flexibility index (Phi) is 7.14. The second-order valence-electron chi connectivity index (χ2n) is 3.02. The second-order valence-corrected chi connectivity index (χ2v) is 3.02. The number of hydrogen-bond acceptors (Lipinski definition) is 5. The Morgan fingerprint density at radius 3 is 1.64 bits per heavy atom. The fraction of sp³-hybridized carbons (Fsp3) is 0.889. The summed E-state index contributed by atoms with van der Waals surface area (Å²) >= 11 is 0. The van der Waals surface area contributed by atoms with Crippen molar-refractivity contribution in [3.8, 4) is 0 Å². The molecule has 0 aliphatic heterocycles. The van der Waals surface area contributed by atoms with Crippen molar-refractivity contribution in [3.05, 3.63) is 0 Å².